The number of hydrogen-bond donors (Lipinski definition) is 2. The van der Waals surface area contributed by atoms with Crippen LogP contribution >= 0.6 is 15.9 Å². The van der Waals surface area contributed by atoms with Crippen molar-refractivity contribution in [2.75, 3.05) is 16.2 Å². The summed E-state index contributed by atoms with van der Waals surface area (Å²) in [5.74, 6) is -0.382. The number of carbonyl (C=O) groups excluding carboxylic acids is 1. The fourth-order valence-corrected chi connectivity index (χ4v) is 7.14. The number of benzene rings is 5. The zero-order valence-corrected chi connectivity index (χ0v) is 26.3. The molecule has 0 bridgehead atoms. The SMILES string of the molecule is Cc1ccc(S(=O)(=O)N(CC(O)Cn2c3ccccc3c3ccccc32)c2cccc(C(=O)Nc3ccc(Br)cc3)c2)cc1. The molecular weight excluding hydrogens is 638 g/mol. The van der Waals surface area contributed by atoms with Gasteiger partial charge in [-0.2, -0.15) is 0 Å². The van der Waals surface area contributed by atoms with Crippen molar-refractivity contribution in [1.82, 2.24) is 4.57 Å². The van der Waals surface area contributed by atoms with Crippen molar-refractivity contribution in [3.63, 3.8) is 0 Å². The average molecular weight is 669 g/mol. The predicted octanol–water partition coefficient (Wildman–Crippen LogP) is 7.37. The van der Waals surface area contributed by atoms with Crippen molar-refractivity contribution >= 4 is 65.0 Å². The van der Waals surface area contributed by atoms with Crippen LogP contribution in [0.15, 0.2) is 131 Å². The third-order valence-electron chi connectivity index (χ3n) is 7.56. The average Bonchev–Trinajstić information content (AvgIpc) is 3.34. The fraction of sp³-hybridized carbons (Fsp3) is 0.114. The Morgan fingerprint density at radius 2 is 1.45 bits per heavy atom. The number of halogens is 1. The molecule has 1 atom stereocenters. The molecule has 1 unspecified atom stereocenters. The van der Waals surface area contributed by atoms with Gasteiger partial charge in [-0.05, 0) is 73.7 Å². The number of sulfonamides is 1. The number of fused-ring (bicyclic) bond motifs is 3. The van der Waals surface area contributed by atoms with Crippen molar-refractivity contribution in [3.05, 3.63) is 137 Å². The number of anilines is 2. The molecule has 1 amide bonds. The number of aliphatic hydroxyl groups excluding tert-OH is 1. The van der Waals surface area contributed by atoms with Crippen molar-refractivity contribution in [2.24, 2.45) is 0 Å². The lowest BCUT2D eigenvalue weighted by atomic mass is 10.1. The fourth-order valence-electron chi connectivity index (χ4n) is 5.38. The van der Waals surface area contributed by atoms with E-state index in [4.69, 9.17) is 0 Å². The van der Waals surface area contributed by atoms with Gasteiger partial charge in [0.15, 0.2) is 0 Å². The molecular formula is C35H30BrN3O4S. The molecule has 6 aromatic rings. The lowest BCUT2D eigenvalue weighted by molar-refractivity contribution is 0.102. The first kappa shape index (κ1) is 29.6. The molecule has 222 valence electrons. The van der Waals surface area contributed by atoms with Crippen LogP contribution in [-0.2, 0) is 16.6 Å². The largest absolute Gasteiger partial charge is 0.389 e. The number of para-hydroxylation sites is 2. The summed E-state index contributed by atoms with van der Waals surface area (Å²) in [6.45, 7) is 1.82. The van der Waals surface area contributed by atoms with Crippen molar-refractivity contribution < 1.29 is 18.3 Å². The van der Waals surface area contributed by atoms with E-state index >= 15 is 0 Å². The molecule has 2 N–H and O–H groups in total. The Morgan fingerprint density at radius 1 is 0.841 bits per heavy atom. The molecule has 9 heteroatoms. The second-order valence-electron chi connectivity index (χ2n) is 10.7. The maximum Gasteiger partial charge on any atom is 0.264 e. The van der Waals surface area contributed by atoms with Gasteiger partial charge in [-0.1, -0.05) is 76.1 Å². The van der Waals surface area contributed by atoms with E-state index in [1.54, 1.807) is 54.6 Å². The number of nitrogens with zero attached hydrogens (tertiary/aromatic N) is 2. The highest BCUT2D eigenvalue weighted by Crippen LogP contribution is 2.30. The highest BCUT2D eigenvalue weighted by Gasteiger charge is 2.28. The molecule has 44 heavy (non-hydrogen) atoms. The number of nitrogens with one attached hydrogen (secondary N) is 1. The van der Waals surface area contributed by atoms with Crippen LogP contribution in [0.1, 0.15) is 15.9 Å². The highest BCUT2D eigenvalue weighted by molar-refractivity contribution is 9.10. The lowest BCUT2D eigenvalue weighted by Gasteiger charge is -2.28. The van der Waals surface area contributed by atoms with E-state index in [0.29, 0.717) is 5.69 Å². The van der Waals surface area contributed by atoms with Gasteiger partial charge in [0, 0.05) is 37.5 Å². The Labute approximate surface area is 264 Å². The molecule has 0 spiro atoms. The second-order valence-corrected chi connectivity index (χ2v) is 13.4. The Balaban J connectivity index is 1.35. The van der Waals surface area contributed by atoms with Crippen LogP contribution in [0.25, 0.3) is 21.8 Å². The molecule has 0 saturated carbocycles. The molecule has 6 rings (SSSR count). The molecule has 1 heterocycles. The number of aryl methyl sites for hydroxylation is 1. The Morgan fingerprint density at radius 3 is 2.09 bits per heavy atom. The van der Waals surface area contributed by atoms with Crippen molar-refractivity contribution in [1.29, 1.82) is 0 Å². The maximum absolute atomic E-state index is 14.1. The summed E-state index contributed by atoms with van der Waals surface area (Å²) in [5.41, 5.74) is 3.99. The first-order valence-electron chi connectivity index (χ1n) is 14.1. The summed E-state index contributed by atoms with van der Waals surface area (Å²) in [7, 11) is -4.11. The molecule has 0 aliphatic rings. The Kier molecular flexibility index (Phi) is 8.27. The van der Waals surface area contributed by atoms with Crippen LogP contribution in [0.4, 0.5) is 11.4 Å². The van der Waals surface area contributed by atoms with Crippen LogP contribution in [0.2, 0.25) is 0 Å². The maximum atomic E-state index is 14.1. The summed E-state index contributed by atoms with van der Waals surface area (Å²) < 4.78 is 32.3. The van der Waals surface area contributed by atoms with Crippen LogP contribution in [0.5, 0.6) is 0 Å². The van der Waals surface area contributed by atoms with Crippen molar-refractivity contribution in [3.8, 4) is 0 Å². The van der Waals surface area contributed by atoms with Gasteiger partial charge in [0.05, 0.1) is 29.8 Å². The lowest BCUT2D eigenvalue weighted by Crippen LogP contribution is -2.39. The molecule has 1 aromatic heterocycles. The minimum absolute atomic E-state index is 0.0943. The van der Waals surface area contributed by atoms with Gasteiger partial charge < -0.3 is 15.0 Å². The van der Waals surface area contributed by atoms with Crippen LogP contribution in [0.3, 0.4) is 0 Å². The van der Waals surface area contributed by atoms with Gasteiger partial charge in [-0.3, -0.25) is 9.10 Å². The van der Waals surface area contributed by atoms with E-state index in [1.807, 2.05) is 72.2 Å². The van der Waals surface area contributed by atoms with Gasteiger partial charge in [-0.15, -0.1) is 0 Å². The number of amides is 1. The minimum Gasteiger partial charge on any atom is -0.389 e. The summed E-state index contributed by atoms with van der Waals surface area (Å²) >= 11 is 3.39. The molecule has 0 aliphatic heterocycles. The third kappa shape index (κ3) is 5.99. The first-order valence-corrected chi connectivity index (χ1v) is 16.3. The monoisotopic (exact) mass is 667 g/mol. The normalized spacial score (nSPS) is 12.3. The second kappa shape index (κ2) is 12.3. The standard InChI is InChI=1S/C35H30BrN3O4S/c1-24-13-19-30(20-14-24)44(42,43)39(28-8-6-7-25(21-28)35(41)37-27-17-15-26(36)16-18-27)23-29(40)22-38-33-11-4-2-9-31(33)32-10-3-5-12-34(32)38/h2-21,29,40H,22-23H2,1H3,(H,37,41). The third-order valence-corrected chi connectivity index (χ3v) is 9.89. The van der Waals surface area contributed by atoms with Gasteiger partial charge in [0.2, 0.25) is 0 Å². The summed E-state index contributed by atoms with van der Waals surface area (Å²) in [6, 6.07) is 36.1. The smallest absolute Gasteiger partial charge is 0.264 e. The van der Waals surface area contributed by atoms with Gasteiger partial charge in [0.1, 0.15) is 0 Å². The van der Waals surface area contributed by atoms with E-state index in [-0.39, 0.29) is 35.1 Å². The zero-order valence-electron chi connectivity index (χ0n) is 23.9. The summed E-state index contributed by atoms with van der Waals surface area (Å²) in [5, 5.41) is 16.5. The predicted molar refractivity (Wildman–Crippen MR) is 180 cm³/mol. The quantitative estimate of drug-likeness (QED) is 0.168. The number of carbonyl (C=O) groups is 1. The first-order chi connectivity index (χ1) is 21.2. The molecule has 0 aliphatic carbocycles. The summed E-state index contributed by atoms with van der Waals surface area (Å²) in [4.78, 5) is 13.3. The Bertz CT molecular complexity index is 2020. The molecule has 7 nitrogen and oxygen atoms in total. The Hall–Kier alpha value is -4.44. The van der Waals surface area contributed by atoms with Gasteiger partial charge >= 0.3 is 0 Å². The highest BCUT2D eigenvalue weighted by atomic mass is 79.9. The van der Waals surface area contributed by atoms with Crippen LogP contribution in [0, 0.1) is 6.92 Å². The van der Waals surface area contributed by atoms with E-state index in [0.717, 1.165) is 31.8 Å². The topological polar surface area (TPSA) is 91.6 Å². The van der Waals surface area contributed by atoms with Crippen LogP contribution in [-0.4, -0.2) is 36.6 Å². The molecule has 0 radical (unpaired) electrons. The molecule has 0 fully saturated rings. The van der Waals surface area contributed by atoms with E-state index in [2.05, 4.69) is 21.2 Å². The van der Waals surface area contributed by atoms with Crippen molar-refractivity contribution in [2.45, 2.75) is 24.5 Å². The summed E-state index contributed by atoms with van der Waals surface area (Å²) in [6.07, 6.45) is -1.07. The van der Waals surface area contributed by atoms with E-state index < -0.39 is 16.1 Å². The number of aliphatic hydroxyl groups is 1. The molecule has 0 saturated heterocycles. The number of hydrogen-bond acceptors (Lipinski definition) is 4. The van der Waals surface area contributed by atoms with E-state index in [9.17, 15) is 18.3 Å². The number of rotatable bonds is 9. The zero-order chi connectivity index (χ0) is 30.8. The minimum atomic E-state index is -4.11. The van der Waals surface area contributed by atoms with Crippen LogP contribution < -0.4 is 9.62 Å². The molecule has 5 aromatic carbocycles. The van der Waals surface area contributed by atoms with E-state index in [1.165, 1.54) is 10.4 Å². The van der Waals surface area contributed by atoms with Gasteiger partial charge in [-0.25, -0.2) is 8.42 Å². The van der Waals surface area contributed by atoms with Gasteiger partial charge in [0.25, 0.3) is 15.9 Å². The number of aromatic nitrogens is 1.